The number of hydrogen-bond acceptors (Lipinski definition) is 7. The summed E-state index contributed by atoms with van der Waals surface area (Å²) >= 11 is 18.0. The first-order valence-electron chi connectivity index (χ1n) is 12.7. The summed E-state index contributed by atoms with van der Waals surface area (Å²) in [6.07, 6.45) is 4.63. The van der Waals surface area contributed by atoms with Crippen LogP contribution in [0.25, 0.3) is 16.6 Å². The van der Waals surface area contributed by atoms with Gasteiger partial charge in [-0.3, -0.25) is 14.5 Å². The summed E-state index contributed by atoms with van der Waals surface area (Å²) in [7, 11) is 0. The second kappa shape index (κ2) is 11.3. The fourth-order valence-corrected chi connectivity index (χ4v) is 5.68. The number of aromatic nitrogens is 3. The monoisotopic (exact) mass is 594 g/mol. The van der Waals surface area contributed by atoms with Gasteiger partial charge in [-0.05, 0) is 59.7 Å². The van der Waals surface area contributed by atoms with Crippen LogP contribution < -0.4 is 4.74 Å². The van der Waals surface area contributed by atoms with E-state index in [-0.39, 0.29) is 18.3 Å². The van der Waals surface area contributed by atoms with Gasteiger partial charge in [0.1, 0.15) is 29.3 Å². The zero-order valence-corrected chi connectivity index (χ0v) is 23.5. The lowest BCUT2D eigenvalue weighted by Crippen LogP contribution is -2.38. The van der Waals surface area contributed by atoms with Gasteiger partial charge in [0.15, 0.2) is 0 Å². The Morgan fingerprint density at radius 3 is 2.77 bits per heavy atom. The maximum absolute atomic E-state index is 11.6. The smallest absolute Gasteiger partial charge is 0.335 e. The average Bonchev–Trinajstić information content (AvgIpc) is 3.51. The molecule has 40 heavy (non-hydrogen) atoms. The van der Waals surface area contributed by atoms with Crippen LogP contribution in [-0.2, 0) is 17.9 Å². The first-order valence-corrected chi connectivity index (χ1v) is 13.9. The largest absolute Gasteiger partial charge is 0.486 e. The number of nitrogens with zero attached hydrogens (tertiary/aromatic N) is 4. The molecule has 8 nitrogen and oxygen atoms in total. The molecule has 1 N–H and O–H groups in total. The molecule has 204 valence electrons. The van der Waals surface area contributed by atoms with Crippen molar-refractivity contribution in [3.8, 4) is 5.75 Å². The van der Waals surface area contributed by atoms with E-state index in [2.05, 4.69) is 16.0 Å². The fraction of sp³-hybridized carbons (Fsp3) is 0.241. The van der Waals surface area contributed by atoms with E-state index in [0.717, 1.165) is 30.0 Å². The zero-order valence-electron chi connectivity index (χ0n) is 21.2. The molecule has 4 heterocycles. The van der Waals surface area contributed by atoms with Crippen LogP contribution in [0.4, 0.5) is 0 Å². The molecule has 2 aliphatic heterocycles. The summed E-state index contributed by atoms with van der Waals surface area (Å²) in [5.41, 5.74) is 4.60. The Morgan fingerprint density at radius 1 is 1.18 bits per heavy atom. The molecule has 2 aliphatic rings. The van der Waals surface area contributed by atoms with Gasteiger partial charge in [-0.2, -0.15) is 0 Å². The van der Waals surface area contributed by atoms with E-state index in [4.69, 9.17) is 49.9 Å². The summed E-state index contributed by atoms with van der Waals surface area (Å²) < 4.78 is 13.4. The number of halogens is 2. The van der Waals surface area contributed by atoms with Crippen molar-refractivity contribution < 1.29 is 19.4 Å². The maximum atomic E-state index is 11.6. The number of fused-ring (bicyclic) bond motifs is 1. The second-order valence-electron chi connectivity index (χ2n) is 9.66. The molecule has 1 atom stereocenters. The highest BCUT2D eigenvalue weighted by Gasteiger charge is 2.29. The summed E-state index contributed by atoms with van der Waals surface area (Å²) in [5.74, 6) is 0.318. The predicted octanol–water partition coefficient (Wildman–Crippen LogP) is 5.88. The van der Waals surface area contributed by atoms with Crippen LogP contribution in [0.2, 0.25) is 10.0 Å². The van der Waals surface area contributed by atoms with E-state index >= 15 is 0 Å². The molecule has 0 bridgehead atoms. The highest BCUT2D eigenvalue weighted by Crippen LogP contribution is 2.29. The molecule has 6 rings (SSSR count). The van der Waals surface area contributed by atoms with Crippen molar-refractivity contribution in [2.75, 3.05) is 19.7 Å². The molecule has 1 saturated heterocycles. The minimum absolute atomic E-state index is 0.174. The van der Waals surface area contributed by atoms with E-state index in [1.54, 1.807) is 42.6 Å². The van der Waals surface area contributed by atoms with Gasteiger partial charge in [0.25, 0.3) is 0 Å². The van der Waals surface area contributed by atoms with E-state index in [1.807, 2.05) is 16.7 Å². The van der Waals surface area contributed by atoms with Gasteiger partial charge in [-0.1, -0.05) is 41.5 Å². The zero-order chi connectivity index (χ0) is 27.8. The number of aromatic carboxylic acids is 1. The Labute approximate surface area is 245 Å². The highest BCUT2D eigenvalue weighted by molar-refractivity contribution is 7.80. The molecular formula is C29H24Cl2N4O4S. The molecule has 0 unspecified atom stereocenters. The molecule has 0 radical (unpaired) electrons. The minimum atomic E-state index is -0.992. The van der Waals surface area contributed by atoms with Crippen LogP contribution in [0.5, 0.6) is 5.75 Å². The van der Waals surface area contributed by atoms with Gasteiger partial charge in [0.2, 0.25) is 0 Å². The van der Waals surface area contributed by atoms with E-state index < -0.39 is 5.97 Å². The van der Waals surface area contributed by atoms with Crippen LogP contribution in [0.3, 0.4) is 0 Å². The second-order valence-corrected chi connectivity index (χ2v) is 10.9. The van der Waals surface area contributed by atoms with Crippen molar-refractivity contribution in [2.45, 2.75) is 25.7 Å². The van der Waals surface area contributed by atoms with Crippen LogP contribution >= 0.6 is 35.4 Å². The van der Waals surface area contributed by atoms with Crippen LogP contribution in [0.15, 0.2) is 60.8 Å². The maximum Gasteiger partial charge on any atom is 0.335 e. The number of hydrogen-bond donors (Lipinski definition) is 1. The van der Waals surface area contributed by atoms with Gasteiger partial charge >= 0.3 is 5.97 Å². The quantitative estimate of drug-likeness (QED) is 0.253. The van der Waals surface area contributed by atoms with Gasteiger partial charge in [0, 0.05) is 30.7 Å². The predicted molar refractivity (Wildman–Crippen MR) is 157 cm³/mol. The van der Waals surface area contributed by atoms with E-state index in [0.29, 0.717) is 51.5 Å². The number of carboxylic acids is 1. The number of carbonyl (C=O) groups is 1. The third kappa shape index (κ3) is 5.48. The topological polar surface area (TPSA) is 89.7 Å². The van der Waals surface area contributed by atoms with Crippen molar-refractivity contribution >= 4 is 63.0 Å². The lowest BCUT2D eigenvalue weighted by atomic mass is 10.1. The molecule has 2 aromatic heterocycles. The van der Waals surface area contributed by atoms with Crippen molar-refractivity contribution in [3.63, 3.8) is 0 Å². The summed E-state index contributed by atoms with van der Waals surface area (Å²) in [5, 5.41) is 10.5. The van der Waals surface area contributed by atoms with Gasteiger partial charge in [-0.15, -0.1) is 0 Å². The Morgan fingerprint density at radius 2 is 2.02 bits per heavy atom. The Balaban J connectivity index is 1.18. The van der Waals surface area contributed by atoms with Gasteiger partial charge in [-0.25, -0.2) is 9.78 Å². The minimum Gasteiger partial charge on any atom is -0.486 e. The third-order valence-electron chi connectivity index (χ3n) is 6.98. The molecule has 1 fully saturated rings. The number of benzene rings is 2. The average molecular weight is 596 g/mol. The Hall–Kier alpha value is -3.34. The summed E-state index contributed by atoms with van der Waals surface area (Å²) in [6, 6.07) is 14.0. The Bertz CT molecular complexity index is 1670. The molecule has 0 saturated carbocycles. The third-order valence-corrected chi connectivity index (χ3v) is 7.95. The molecule has 2 aromatic carbocycles. The first-order chi connectivity index (χ1) is 19.4. The standard InChI is InChI=1S/C29H24Cl2N4O4S/c30-20-2-4-25(22(31)13-20)39-16-21-11-17(5-8-32-21)19-6-9-34(14-19)15-27-33-23-3-1-18(29(36)37)12-24(23)35(27)28(40)26-7-10-38-26/h1-6,8,11-13,26H,7,9-10,14-16H2,(H,36,37)/t26-/m0/s1. The molecular weight excluding hydrogens is 571 g/mol. The lowest BCUT2D eigenvalue weighted by Gasteiger charge is -2.28. The molecule has 0 aliphatic carbocycles. The highest BCUT2D eigenvalue weighted by atomic mass is 35.5. The Kier molecular flexibility index (Phi) is 7.57. The SMILES string of the molecule is O=C(O)c1ccc2nc(CN3CC=C(c4ccnc(COc5ccc(Cl)cc5Cl)c4)C3)n(C(=S)[C@@H]3CCO3)c2c1. The van der Waals surface area contributed by atoms with Crippen molar-refractivity contribution in [2.24, 2.45) is 0 Å². The molecule has 4 aromatic rings. The molecule has 0 spiro atoms. The van der Waals surface area contributed by atoms with E-state index in [9.17, 15) is 9.90 Å². The van der Waals surface area contributed by atoms with Crippen LogP contribution in [-0.4, -0.2) is 61.3 Å². The number of imidazole rings is 1. The summed E-state index contributed by atoms with van der Waals surface area (Å²) in [4.78, 5) is 23.8. The van der Waals surface area contributed by atoms with Crippen molar-refractivity contribution in [1.29, 1.82) is 0 Å². The number of rotatable bonds is 8. The van der Waals surface area contributed by atoms with Crippen molar-refractivity contribution in [1.82, 2.24) is 19.4 Å². The first kappa shape index (κ1) is 26.9. The van der Waals surface area contributed by atoms with Gasteiger partial charge < -0.3 is 14.6 Å². The van der Waals surface area contributed by atoms with Crippen LogP contribution in [0.1, 0.15) is 33.9 Å². The molecule has 11 heteroatoms. The normalized spacial score (nSPS) is 17.1. The number of thiocarbonyl (C=S) groups is 1. The molecule has 0 amide bonds. The van der Waals surface area contributed by atoms with Crippen LogP contribution in [0, 0.1) is 0 Å². The van der Waals surface area contributed by atoms with Crippen molar-refractivity contribution in [3.05, 3.63) is 93.5 Å². The number of carboxylic acid groups (broad SMARTS) is 1. The number of ether oxygens (including phenoxy) is 2. The van der Waals surface area contributed by atoms with Gasteiger partial charge in [0.05, 0.1) is 40.5 Å². The fourth-order valence-electron chi connectivity index (χ4n) is 4.82. The summed E-state index contributed by atoms with van der Waals surface area (Å²) in [6.45, 7) is 2.93. The number of pyridine rings is 1. The lowest BCUT2D eigenvalue weighted by molar-refractivity contribution is -0.00581. The van der Waals surface area contributed by atoms with E-state index in [1.165, 1.54) is 5.57 Å².